The van der Waals surface area contributed by atoms with Gasteiger partial charge in [0.2, 0.25) is 0 Å². The Kier molecular flexibility index (Phi) is 6.22. The summed E-state index contributed by atoms with van der Waals surface area (Å²) in [6.45, 7) is 3.23. The Bertz CT molecular complexity index is 351. The molecule has 1 rings (SSSR count). The largest absolute Gasteiger partial charge is 0.383 e. The standard InChI is InChI=1S/C13H18BrNO2/c1-3-10-4-6-11(7-5-10)13(16)15-8-12(14)9-17-2/h4-7,12H,3,8-9H2,1-2H3,(H,15,16). The number of carbonyl (C=O) groups excluding carboxylic acids is 1. The maximum absolute atomic E-state index is 11.8. The summed E-state index contributed by atoms with van der Waals surface area (Å²) in [6, 6.07) is 7.67. The molecule has 94 valence electrons. The highest BCUT2D eigenvalue weighted by Gasteiger charge is 2.08. The summed E-state index contributed by atoms with van der Waals surface area (Å²) in [6.07, 6.45) is 0.985. The van der Waals surface area contributed by atoms with Gasteiger partial charge in [0.15, 0.2) is 0 Å². The molecule has 1 aromatic rings. The van der Waals surface area contributed by atoms with Gasteiger partial charge in [0.05, 0.1) is 11.4 Å². The third-order valence-electron chi connectivity index (χ3n) is 2.46. The lowest BCUT2D eigenvalue weighted by Gasteiger charge is -2.10. The molecule has 1 aromatic carbocycles. The highest BCUT2D eigenvalue weighted by atomic mass is 79.9. The van der Waals surface area contributed by atoms with Crippen molar-refractivity contribution in [2.24, 2.45) is 0 Å². The molecule has 0 aliphatic rings. The van der Waals surface area contributed by atoms with Gasteiger partial charge in [-0.15, -0.1) is 0 Å². The van der Waals surface area contributed by atoms with Gasteiger partial charge in [-0.3, -0.25) is 4.79 Å². The lowest BCUT2D eigenvalue weighted by Crippen LogP contribution is -2.31. The van der Waals surface area contributed by atoms with Gasteiger partial charge in [0.25, 0.3) is 5.91 Å². The number of alkyl halides is 1. The van der Waals surface area contributed by atoms with E-state index >= 15 is 0 Å². The minimum absolute atomic E-state index is 0.0480. The van der Waals surface area contributed by atoms with Gasteiger partial charge < -0.3 is 10.1 Å². The van der Waals surface area contributed by atoms with Gasteiger partial charge in [-0.05, 0) is 24.1 Å². The van der Waals surface area contributed by atoms with E-state index in [1.165, 1.54) is 5.56 Å². The fraction of sp³-hybridized carbons (Fsp3) is 0.462. The van der Waals surface area contributed by atoms with Gasteiger partial charge in [-0.25, -0.2) is 0 Å². The lowest BCUT2D eigenvalue weighted by atomic mass is 10.1. The van der Waals surface area contributed by atoms with Crippen LogP contribution in [0.2, 0.25) is 0 Å². The van der Waals surface area contributed by atoms with Crippen LogP contribution in [0.15, 0.2) is 24.3 Å². The number of hydrogen-bond donors (Lipinski definition) is 1. The lowest BCUT2D eigenvalue weighted by molar-refractivity contribution is 0.0950. The molecule has 0 aliphatic carbocycles. The molecule has 1 atom stereocenters. The quantitative estimate of drug-likeness (QED) is 0.819. The van der Waals surface area contributed by atoms with E-state index in [1.54, 1.807) is 7.11 Å². The second-order valence-electron chi connectivity index (χ2n) is 3.81. The zero-order chi connectivity index (χ0) is 12.7. The first kappa shape index (κ1) is 14.2. The number of carbonyl (C=O) groups is 1. The molecule has 0 bridgehead atoms. The molecule has 3 nitrogen and oxygen atoms in total. The predicted molar refractivity (Wildman–Crippen MR) is 72.7 cm³/mol. The summed E-state index contributed by atoms with van der Waals surface area (Å²) < 4.78 is 4.97. The van der Waals surface area contributed by atoms with Crippen LogP contribution in [0.3, 0.4) is 0 Å². The zero-order valence-electron chi connectivity index (χ0n) is 10.2. The SMILES string of the molecule is CCc1ccc(C(=O)NCC(Br)COC)cc1. The van der Waals surface area contributed by atoms with Gasteiger partial charge >= 0.3 is 0 Å². The number of methoxy groups -OCH3 is 1. The highest BCUT2D eigenvalue weighted by molar-refractivity contribution is 9.09. The van der Waals surface area contributed by atoms with Crippen molar-refractivity contribution in [3.05, 3.63) is 35.4 Å². The Morgan fingerprint density at radius 2 is 2.06 bits per heavy atom. The first-order valence-electron chi connectivity index (χ1n) is 5.67. The van der Waals surface area contributed by atoms with Crippen LogP contribution in [0.25, 0.3) is 0 Å². The Morgan fingerprint density at radius 1 is 1.41 bits per heavy atom. The van der Waals surface area contributed by atoms with Crippen molar-refractivity contribution in [3.63, 3.8) is 0 Å². The number of nitrogens with one attached hydrogen (secondary N) is 1. The van der Waals surface area contributed by atoms with Crippen molar-refractivity contribution in [2.75, 3.05) is 20.3 Å². The molecule has 17 heavy (non-hydrogen) atoms. The van der Waals surface area contributed by atoms with Crippen LogP contribution in [0.4, 0.5) is 0 Å². The molecule has 0 spiro atoms. The van der Waals surface area contributed by atoms with E-state index in [2.05, 4.69) is 28.2 Å². The first-order valence-corrected chi connectivity index (χ1v) is 6.59. The number of ether oxygens (including phenoxy) is 1. The normalized spacial score (nSPS) is 12.2. The predicted octanol–water partition coefficient (Wildman–Crippen LogP) is 2.39. The number of amides is 1. The zero-order valence-corrected chi connectivity index (χ0v) is 11.8. The average molecular weight is 300 g/mol. The van der Waals surface area contributed by atoms with Gasteiger partial charge in [0, 0.05) is 19.2 Å². The van der Waals surface area contributed by atoms with Crippen LogP contribution in [0.1, 0.15) is 22.8 Å². The third-order valence-corrected chi connectivity index (χ3v) is 3.04. The van der Waals surface area contributed by atoms with E-state index in [9.17, 15) is 4.79 Å². The van der Waals surface area contributed by atoms with E-state index < -0.39 is 0 Å². The van der Waals surface area contributed by atoms with Crippen molar-refractivity contribution in [1.29, 1.82) is 0 Å². The second kappa shape index (κ2) is 7.45. The summed E-state index contributed by atoms with van der Waals surface area (Å²) in [5.41, 5.74) is 1.93. The van der Waals surface area contributed by atoms with Gasteiger partial charge in [0.1, 0.15) is 0 Å². The highest BCUT2D eigenvalue weighted by Crippen LogP contribution is 2.05. The van der Waals surface area contributed by atoms with Crippen LogP contribution in [-0.4, -0.2) is 31.0 Å². The summed E-state index contributed by atoms with van der Waals surface area (Å²) >= 11 is 3.42. The Labute approximate surface area is 111 Å². The minimum Gasteiger partial charge on any atom is -0.383 e. The van der Waals surface area contributed by atoms with Crippen LogP contribution in [-0.2, 0) is 11.2 Å². The molecule has 0 fully saturated rings. The van der Waals surface area contributed by atoms with Crippen LogP contribution in [0.5, 0.6) is 0 Å². The van der Waals surface area contributed by atoms with E-state index in [0.29, 0.717) is 18.7 Å². The van der Waals surface area contributed by atoms with Crippen LogP contribution < -0.4 is 5.32 Å². The Balaban J connectivity index is 2.46. The molecule has 1 unspecified atom stereocenters. The Hall–Kier alpha value is -0.870. The third kappa shape index (κ3) is 4.88. The van der Waals surface area contributed by atoms with Gasteiger partial charge in [-0.1, -0.05) is 35.0 Å². The molecule has 0 saturated carbocycles. The number of halogens is 1. The maximum Gasteiger partial charge on any atom is 0.251 e. The molecule has 0 aromatic heterocycles. The topological polar surface area (TPSA) is 38.3 Å². The number of hydrogen-bond acceptors (Lipinski definition) is 2. The number of benzene rings is 1. The summed E-state index contributed by atoms with van der Waals surface area (Å²) in [5, 5.41) is 2.86. The van der Waals surface area contributed by atoms with Crippen LogP contribution in [0, 0.1) is 0 Å². The van der Waals surface area contributed by atoms with E-state index in [1.807, 2.05) is 24.3 Å². The van der Waals surface area contributed by atoms with Crippen molar-refractivity contribution in [2.45, 2.75) is 18.2 Å². The van der Waals surface area contributed by atoms with E-state index in [-0.39, 0.29) is 10.7 Å². The van der Waals surface area contributed by atoms with Crippen molar-refractivity contribution in [3.8, 4) is 0 Å². The van der Waals surface area contributed by atoms with Crippen molar-refractivity contribution in [1.82, 2.24) is 5.32 Å². The maximum atomic E-state index is 11.8. The molecule has 0 aliphatic heterocycles. The van der Waals surface area contributed by atoms with E-state index in [4.69, 9.17) is 4.74 Å². The first-order chi connectivity index (χ1) is 8.17. The molecule has 1 N–H and O–H groups in total. The number of rotatable bonds is 6. The summed E-state index contributed by atoms with van der Waals surface area (Å²) in [7, 11) is 1.64. The molecule has 0 heterocycles. The molecule has 1 amide bonds. The molecular weight excluding hydrogens is 282 g/mol. The van der Waals surface area contributed by atoms with Gasteiger partial charge in [-0.2, -0.15) is 0 Å². The number of aryl methyl sites for hydroxylation is 1. The summed E-state index contributed by atoms with van der Waals surface area (Å²) in [5.74, 6) is -0.0480. The van der Waals surface area contributed by atoms with Crippen molar-refractivity contribution < 1.29 is 9.53 Å². The van der Waals surface area contributed by atoms with Crippen molar-refractivity contribution >= 4 is 21.8 Å². The second-order valence-corrected chi connectivity index (χ2v) is 5.11. The Morgan fingerprint density at radius 3 is 2.59 bits per heavy atom. The molecule has 0 radical (unpaired) electrons. The fourth-order valence-electron chi connectivity index (χ4n) is 1.44. The monoisotopic (exact) mass is 299 g/mol. The molecule has 0 saturated heterocycles. The average Bonchev–Trinajstić information content (AvgIpc) is 2.36. The van der Waals surface area contributed by atoms with E-state index in [0.717, 1.165) is 6.42 Å². The molecular formula is C13H18BrNO2. The van der Waals surface area contributed by atoms with Crippen LogP contribution >= 0.6 is 15.9 Å². The summed E-state index contributed by atoms with van der Waals surface area (Å²) in [4.78, 5) is 11.9. The fourth-order valence-corrected chi connectivity index (χ4v) is 1.86. The smallest absolute Gasteiger partial charge is 0.251 e. The minimum atomic E-state index is -0.0480. The molecule has 4 heteroatoms.